The number of nitrogens with one attached hydrogen (secondary N) is 1. The van der Waals surface area contributed by atoms with E-state index in [-0.39, 0.29) is 5.91 Å². The van der Waals surface area contributed by atoms with Gasteiger partial charge in [0.1, 0.15) is 11.5 Å². The monoisotopic (exact) mass is 319 g/mol. The minimum Gasteiger partial charge on any atom is -0.339 e. The van der Waals surface area contributed by atoms with Gasteiger partial charge < -0.3 is 9.88 Å². The van der Waals surface area contributed by atoms with E-state index in [4.69, 9.17) is 0 Å². The predicted molar refractivity (Wildman–Crippen MR) is 77.3 cm³/mol. The lowest BCUT2D eigenvalue weighted by molar-refractivity contribution is 0.101. The highest BCUT2D eigenvalue weighted by Gasteiger charge is 2.27. The minimum absolute atomic E-state index is 0.117. The number of aryl methyl sites for hydroxylation is 1. The summed E-state index contributed by atoms with van der Waals surface area (Å²) in [5, 5.41) is 2.83. The van der Waals surface area contributed by atoms with E-state index in [0.717, 1.165) is 22.9 Å². The van der Waals surface area contributed by atoms with E-state index in [1.54, 1.807) is 6.20 Å². The zero-order chi connectivity index (χ0) is 13.4. The van der Waals surface area contributed by atoms with Gasteiger partial charge in [-0.05, 0) is 53.4 Å². The molecule has 2 aromatic heterocycles. The van der Waals surface area contributed by atoms with E-state index < -0.39 is 0 Å². The Kier molecular flexibility index (Phi) is 3.14. The first kappa shape index (κ1) is 12.4. The van der Waals surface area contributed by atoms with Crippen molar-refractivity contribution >= 4 is 27.7 Å². The molecule has 0 unspecified atom stereocenters. The Balaban J connectivity index is 1.82. The van der Waals surface area contributed by atoms with Crippen molar-refractivity contribution in [2.75, 3.05) is 5.32 Å². The van der Waals surface area contributed by atoms with Crippen molar-refractivity contribution in [3.8, 4) is 0 Å². The lowest BCUT2D eigenvalue weighted by atomic mass is 10.3. The molecule has 4 nitrogen and oxygen atoms in total. The number of nitrogens with zero attached hydrogens (tertiary/aromatic N) is 2. The highest BCUT2D eigenvalue weighted by molar-refractivity contribution is 9.10. The number of rotatable bonds is 3. The van der Waals surface area contributed by atoms with E-state index >= 15 is 0 Å². The third kappa shape index (κ3) is 2.71. The van der Waals surface area contributed by atoms with Crippen LogP contribution in [-0.4, -0.2) is 15.5 Å². The van der Waals surface area contributed by atoms with Gasteiger partial charge in [0, 0.05) is 22.9 Å². The van der Waals surface area contributed by atoms with Gasteiger partial charge in [-0.2, -0.15) is 0 Å². The summed E-state index contributed by atoms with van der Waals surface area (Å²) in [7, 11) is 0. The SMILES string of the molecule is Cc1ccc(NC(=O)c2cc(Br)cn2C2CC2)nc1. The zero-order valence-corrected chi connectivity index (χ0v) is 12.1. The van der Waals surface area contributed by atoms with Crippen LogP contribution in [0.1, 0.15) is 34.9 Å². The molecule has 2 heterocycles. The number of aromatic nitrogens is 2. The maximum Gasteiger partial charge on any atom is 0.273 e. The summed E-state index contributed by atoms with van der Waals surface area (Å²) < 4.78 is 2.97. The van der Waals surface area contributed by atoms with Gasteiger partial charge in [-0.3, -0.25) is 4.79 Å². The molecule has 0 saturated heterocycles. The number of hydrogen-bond acceptors (Lipinski definition) is 2. The van der Waals surface area contributed by atoms with Crippen LogP contribution in [0.3, 0.4) is 0 Å². The number of amides is 1. The van der Waals surface area contributed by atoms with Crippen molar-refractivity contribution < 1.29 is 4.79 Å². The number of hydrogen-bond donors (Lipinski definition) is 1. The van der Waals surface area contributed by atoms with E-state index in [0.29, 0.717) is 17.6 Å². The molecule has 19 heavy (non-hydrogen) atoms. The van der Waals surface area contributed by atoms with Crippen LogP contribution in [0.5, 0.6) is 0 Å². The quantitative estimate of drug-likeness (QED) is 0.940. The summed E-state index contributed by atoms with van der Waals surface area (Å²) in [5.74, 6) is 0.462. The van der Waals surface area contributed by atoms with Crippen LogP contribution in [0.4, 0.5) is 5.82 Å². The molecule has 0 bridgehead atoms. The zero-order valence-electron chi connectivity index (χ0n) is 10.6. The van der Waals surface area contributed by atoms with Crippen molar-refractivity contribution in [3.63, 3.8) is 0 Å². The van der Waals surface area contributed by atoms with Crippen molar-refractivity contribution in [1.82, 2.24) is 9.55 Å². The molecule has 1 fully saturated rings. The van der Waals surface area contributed by atoms with Crippen molar-refractivity contribution in [2.45, 2.75) is 25.8 Å². The van der Waals surface area contributed by atoms with Crippen LogP contribution in [0.15, 0.2) is 35.1 Å². The number of halogens is 1. The molecule has 0 atom stereocenters. The minimum atomic E-state index is -0.117. The maximum atomic E-state index is 12.3. The highest BCUT2D eigenvalue weighted by Crippen LogP contribution is 2.37. The first-order chi connectivity index (χ1) is 9.13. The van der Waals surface area contributed by atoms with Crippen molar-refractivity contribution in [3.05, 3.63) is 46.3 Å². The lowest BCUT2D eigenvalue weighted by Crippen LogP contribution is -2.17. The van der Waals surface area contributed by atoms with Crippen LogP contribution in [0.25, 0.3) is 0 Å². The fourth-order valence-corrected chi connectivity index (χ4v) is 2.44. The third-order valence-corrected chi connectivity index (χ3v) is 3.57. The van der Waals surface area contributed by atoms with Gasteiger partial charge in [-0.15, -0.1) is 0 Å². The summed E-state index contributed by atoms with van der Waals surface area (Å²) in [6.45, 7) is 1.97. The average molecular weight is 320 g/mol. The Morgan fingerprint density at radius 2 is 2.26 bits per heavy atom. The van der Waals surface area contributed by atoms with Gasteiger partial charge in [0.05, 0.1) is 0 Å². The molecule has 1 amide bonds. The van der Waals surface area contributed by atoms with Crippen LogP contribution >= 0.6 is 15.9 Å². The molecular weight excluding hydrogens is 306 g/mol. The molecule has 3 rings (SSSR count). The fraction of sp³-hybridized carbons (Fsp3) is 0.286. The fourth-order valence-electron chi connectivity index (χ4n) is 2.00. The normalized spacial score (nSPS) is 14.4. The van der Waals surface area contributed by atoms with Gasteiger partial charge in [0.15, 0.2) is 0 Å². The second-order valence-corrected chi connectivity index (χ2v) is 5.77. The number of carbonyl (C=O) groups is 1. The molecule has 1 aliphatic rings. The predicted octanol–water partition coefficient (Wildman–Crippen LogP) is 3.54. The number of carbonyl (C=O) groups excluding carboxylic acids is 1. The summed E-state index contributed by atoms with van der Waals surface area (Å²) in [6, 6.07) is 6.06. The van der Waals surface area contributed by atoms with Gasteiger partial charge in [0.25, 0.3) is 5.91 Å². The molecule has 1 aliphatic carbocycles. The topological polar surface area (TPSA) is 46.9 Å². The second-order valence-electron chi connectivity index (χ2n) is 4.86. The Morgan fingerprint density at radius 3 is 2.89 bits per heavy atom. The number of anilines is 1. The Morgan fingerprint density at radius 1 is 1.47 bits per heavy atom. The van der Waals surface area contributed by atoms with Crippen LogP contribution in [-0.2, 0) is 0 Å². The standard InChI is InChI=1S/C14H14BrN3O/c1-9-2-5-13(16-7-9)17-14(19)12-6-10(15)8-18(12)11-3-4-11/h2,5-8,11H,3-4H2,1H3,(H,16,17,19). The van der Waals surface area contributed by atoms with Crippen LogP contribution in [0, 0.1) is 6.92 Å². The summed E-state index contributed by atoms with van der Waals surface area (Å²) in [5.41, 5.74) is 1.75. The summed E-state index contributed by atoms with van der Waals surface area (Å²) in [6.07, 6.45) is 6.00. The second kappa shape index (κ2) is 4.81. The molecule has 0 spiro atoms. The van der Waals surface area contributed by atoms with E-state index in [1.165, 1.54) is 0 Å². The smallest absolute Gasteiger partial charge is 0.273 e. The summed E-state index contributed by atoms with van der Waals surface area (Å²) >= 11 is 3.43. The molecule has 1 N–H and O–H groups in total. The largest absolute Gasteiger partial charge is 0.339 e. The van der Waals surface area contributed by atoms with Gasteiger partial charge in [-0.25, -0.2) is 4.98 Å². The molecule has 0 radical (unpaired) electrons. The molecule has 1 saturated carbocycles. The summed E-state index contributed by atoms with van der Waals surface area (Å²) in [4.78, 5) is 16.5. The number of pyridine rings is 1. The molecule has 0 aliphatic heterocycles. The van der Waals surface area contributed by atoms with Crippen LogP contribution in [0.2, 0.25) is 0 Å². The first-order valence-corrected chi connectivity index (χ1v) is 7.04. The molecule has 2 aromatic rings. The average Bonchev–Trinajstić information content (AvgIpc) is 3.15. The Labute approximate surface area is 120 Å². The Bertz CT molecular complexity index is 614. The lowest BCUT2D eigenvalue weighted by Gasteiger charge is -2.08. The molecule has 5 heteroatoms. The molecule has 98 valence electrons. The highest BCUT2D eigenvalue weighted by atomic mass is 79.9. The van der Waals surface area contributed by atoms with E-state index in [1.807, 2.05) is 35.9 Å². The first-order valence-electron chi connectivity index (χ1n) is 6.25. The Hall–Kier alpha value is -1.62. The van der Waals surface area contributed by atoms with Gasteiger partial charge >= 0.3 is 0 Å². The van der Waals surface area contributed by atoms with Crippen molar-refractivity contribution in [1.29, 1.82) is 0 Å². The third-order valence-electron chi connectivity index (χ3n) is 3.14. The van der Waals surface area contributed by atoms with Gasteiger partial charge in [0.2, 0.25) is 0 Å². The molecule has 0 aromatic carbocycles. The van der Waals surface area contributed by atoms with E-state index in [9.17, 15) is 4.79 Å². The van der Waals surface area contributed by atoms with Crippen molar-refractivity contribution in [2.24, 2.45) is 0 Å². The van der Waals surface area contributed by atoms with Crippen LogP contribution < -0.4 is 5.32 Å². The molecular formula is C14H14BrN3O. The maximum absolute atomic E-state index is 12.3. The van der Waals surface area contributed by atoms with Gasteiger partial charge in [-0.1, -0.05) is 6.07 Å². The van der Waals surface area contributed by atoms with E-state index in [2.05, 4.69) is 26.2 Å².